The van der Waals surface area contributed by atoms with Gasteiger partial charge in [0.1, 0.15) is 0 Å². The smallest absolute Gasteiger partial charge is 0.243 e. The van der Waals surface area contributed by atoms with Crippen molar-refractivity contribution < 1.29 is 13.2 Å². The molecule has 1 fully saturated rings. The van der Waals surface area contributed by atoms with E-state index in [2.05, 4.69) is 5.43 Å². The highest BCUT2D eigenvalue weighted by Crippen LogP contribution is 2.27. The predicted molar refractivity (Wildman–Crippen MR) is 82.5 cm³/mol. The first kappa shape index (κ1) is 16.2. The summed E-state index contributed by atoms with van der Waals surface area (Å²) in [7, 11) is -1.93. The minimum Gasteiger partial charge on any atom is -0.377 e. The number of sulfonamides is 1. The molecule has 6 nitrogen and oxygen atoms in total. The van der Waals surface area contributed by atoms with Gasteiger partial charge in [0, 0.05) is 25.9 Å². The molecule has 1 heterocycles. The molecule has 3 N–H and O–H groups in total. The van der Waals surface area contributed by atoms with Crippen LogP contribution >= 0.6 is 0 Å². The maximum Gasteiger partial charge on any atom is 0.243 e. The number of ether oxygens (including phenoxy) is 1. The van der Waals surface area contributed by atoms with Crippen molar-refractivity contribution in [3.63, 3.8) is 0 Å². The number of rotatable bonds is 5. The summed E-state index contributed by atoms with van der Waals surface area (Å²) in [4.78, 5) is 0.349. The van der Waals surface area contributed by atoms with Crippen LogP contribution in [0.1, 0.15) is 24.0 Å². The lowest BCUT2D eigenvalue weighted by Gasteiger charge is -2.23. The average molecular weight is 313 g/mol. The lowest BCUT2D eigenvalue weighted by molar-refractivity contribution is 0.0978. The standard InChI is InChI=1S/C14H23N3O3S/c1-10-7-12(16-15)8-11(2)14(10)21(18,19)17(3)9-13-5-4-6-20-13/h7-8,13,16H,4-6,9,15H2,1-3H3. The molecule has 1 unspecified atom stereocenters. The number of nitrogen functional groups attached to an aromatic ring is 1. The van der Waals surface area contributed by atoms with Crippen molar-refractivity contribution >= 4 is 15.7 Å². The summed E-state index contributed by atoms with van der Waals surface area (Å²) in [5.74, 6) is 5.39. The number of hydrogen-bond acceptors (Lipinski definition) is 5. The quantitative estimate of drug-likeness (QED) is 0.634. The van der Waals surface area contributed by atoms with Gasteiger partial charge in [0.15, 0.2) is 0 Å². The highest BCUT2D eigenvalue weighted by Gasteiger charge is 2.28. The Hall–Kier alpha value is -1.15. The van der Waals surface area contributed by atoms with Gasteiger partial charge < -0.3 is 10.2 Å². The van der Waals surface area contributed by atoms with Crippen LogP contribution in [0.2, 0.25) is 0 Å². The highest BCUT2D eigenvalue weighted by atomic mass is 32.2. The number of hydrazine groups is 1. The Morgan fingerprint density at radius 2 is 2.00 bits per heavy atom. The van der Waals surface area contributed by atoms with Crippen LogP contribution in [0.25, 0.3) is 0 Å². The third-order valence-corrected chi connectivity index (χ3v) is 5.91. The van der Waals surface area contributed by atoms with Crippen LogP contribution in [0, 0.1) is 13.8 Å². The van der Waals surface area contributed by atoms with E-state index >= 15 is 0 Å². The van der Waals surface area contributed by atoms with Gasteiger partial charge in [-0.3, -0.25) is 5.84 Å². The molecule has 118 valence electrons. The van der Waals surface area contributed by atoms with Crippen LogP contribution in [-0.2, 0) is 14.8 Å². The summed E-state index contributed by atoms with van der Waals surface area (Å²) in [6.07, 6.45) is 1.90. The second-order valence-electron chi connectivity index (χ2n) is 5.50. The molecule has 0 radical (unpaired) electrons. The third-order valence-electron chi connectivity index (χ3n) is 3.78. The van der Waals surface area contributed by atoms with Crippen LogP contribution in [-0.4, -0.2) is 39.0 Å². The summed E-state index contributed by atoms with van der Waals surface area (Å²) < 4.78 is 32.5. The molecule has 1 aliphatic heterocycles. The first-order valence-corrected chi connectivity index (χ1v) is 8.46. The van der Waals surface area contributed by atoms with Crippen LogP contribution < -0.4 is 11.3 Å². The molecule has 0 bridgehead atoms. The van der Waals surface area contributed by atoms with E-state index < -0.39 is 10.0 Å². The number of nitrogens with one attached hydrogen (secondary N) is 1. The van der Waals surface area contributed by atoms with Gasteiger partial charge >= 0.3 is 0 Å². The fraction of sp³-hybridized carbons (Fsp3) is 0.571. The number of benzene rings is 1. The first-order chi connectivity index (χ1) is 9.86. The SMILES string of the molecule is Cc1cc(NN)cc(C)c1S(=O)(=O)N(C)CC1CCCO1. The molecule has 0 aromatic heterocycles. The summed E-state index contributed by atoms with van der Waals surface area (Å²) in [6, 6.07) is 3.47. The van der Waals surface area contributed by atoms with Crippen molar-refractivity contribution in [3.8, 4) is 0 Å². The number of nitrogens with zero attached hydrogens (tertiary/aromatic N) is 1. The van der Waals surface area contributed by atoms with Gasteiger partial charge in [0.2, 0.25) is 10.0 Å². The van der Waals surface area contributed by atoms with E-state index in [0.717, 1.165) is 12.8 Å². The lowest BCUT2D eigenvalue weighted by Crippen LogP contribution is -2.34. The van der Waals surface area contributed by atoms with Gasteiger partial charge in [-0.1, -0.05) is 0 Å². The Balaban J connectivity index is 2.30. The van der Waals surface area contributed by atoms with Crippen LogP contribution in [0.4, 0.5) is 5.69 Å². The fourth-order valence-electron chi connectivity index (χ4n) is 2.77. The van der Waals surface area contributed by atoms with E-state index in [1.807, 2.05) is 0 Å². The number of nitrogens with two attached hydrogens (primary N) is 1. The summed E-state index contributed by atoms with van der Waals surface area (Å²) in [6.45, 7) is 4.66. The molecule has 0 saturated carbocycles. The molecule has 0 spiro atoms. The summed E-state index contributed by atoms with van der Waals surface area (Å²) >= 11 is 0. The Labute approximate surface area is 126 Å². The number of aryl methyl sites for hydroxylation is 2. The minimum absolute atomic E-state index is 0.00429. The van der Waals surface area contributed by atoms with Crippen molar-refractivity contribution in [1.82, 2.24) is 4.31 Å². The van der Waals surface area contributed by atoms with Crippen LogP contribution in [0.5, 0.6) is 0 Å². The molecule has 2 rings (SSSR count). The fourth-order valence-corrected chi connectivity index (χ4v) is 4.38. The van der Waals surface area contributed by atoms with E-state index in [9.17, 15) is 8.42 Å². The van der Waals surface area contributed by atoms with Gasteiger partial charge in [-0.25, -0.2) is 8.42 Å². The van der Waals surface area contributed by atoms with E-state index in [1.165, 1.54) is 4.31 Å². The van der Waals surface area contributed by atoms with Gasteiger partial charge in [-0.05, 0) is 49.9 Å². The van der Waals surface area contributed by atoms with E-state index in [1.54, 1.807) is 33.0 Å². The molecule has 0 amide bonds. The zero-order valence-corrected chi connectivity index (χ0v) is 13.5. The molecule has 1 atom stereocenters. The van der Waals surface area contributed by atoms with Crippen LogP contribution in [0.3, 0.4) is 0 Å². The molecule has 1 saturated heterocycles. The van der Waals surface area contributed by atoms with Crippen LogP contribution in [0.15, 0.2) is 17.0 Å². The second-order valence-corrected chi connectivity index (χ2v) is 7.49. The van der Waals surface area contributed by atoms with E-state index in [0.29, 0.717) is 34.9 Å². The van der Waals surface area contributed by atoms with Crippen molar-refractivity contribution in [2.45, 2.75) is 37.7 Å². The van der Waals surface area contributed by atoms with Gasteiger partial charge in [0.25, 0.3) is 0 Å². The van der Waals surface area contributed by atoms with Crippen molar-refractivity contribution in [3.05, 3.63) is 23.3 Å². The average Bonchev–Trinajstić information content (AvgIpc) is 2.90. The molecule has 1 aromatic carbocycles. The number of anilines is 1. The molecular formula is C14H23N3O3S. The molecular weight excluding hydrogens is 290 g/mol. The third kappa shape index (κ3) is 3.37. The Bertz CT molecular complexity index is 587. The van der Waals surface area contributed by atoms with Crippen molar-refractivity contribution in [1.29, 1.82) is 0 Å². The van der Waals surface area contributed by atoms with E-state index in [-0.39, 0.29) is 6.10 Å². The van der Waals surface area contributed by atoms with Gasteiger partial charge in [-0.15, -0.1) is 0 Å². The first-order valence-electron chi connectivity index (χ1n) is 7.02. The molecule has 7 heteroatoms. The maximum absolute atomic E-state index is 12.8. The molecule has 21 heavy (non-hydrogen) atoms. The topological polar surface area (TPSA) is 84.7 Å². The summed E-state index contributed by atoms with van der Waals surface area (Å²) in [5, 5.41) is 0. The lowest BCUT2D eigenvalue weighted by atomic mass is 10.1. The molecule has 0 aliphatic carbocycles. The minimum atomic E-state index is -3.53. The van der Waals surface area contributed by atoms with E-state index in [4.69, 9.17) is 10.6 Å². The Morgan fingerprint density at radius 3 is 2.48 bits per heavy atom. The van der Waals surface area contributed by atoms with Gasteiger partial charge in [0.05, 0.1) is 11.0 Å². The normalized spacial score (nSPS) is 19.2. The predicted octanol–water partition coefficient (Wildman–Crippen LogP) is 1.39. The molecule has 1 aromatic rings. The Morgan fingerprint density at radius 1 is 1.38 bits per heavy atom. The zero-order valence-electron chi connectivity index (χ0n) is 12.7. The van der Waals surface area contributed by atoms with Crippen molar-refractivity contribution in [2.75, 3.05) is 25.6 Å². The zero-order chi connectivity index (χ0) is 15.6. The Kier molecular flexibility index (Phi) is 4.88. The number of likely N-dealkylation sites (N-methyl/N-ethyl adjacent to an activating group) is 1. The van der Waals surface area contributed by atoms with Crippen molar-refractivity contribution in [2.24, 2.45) is 5.84 Å². The monoisotopic (exact) mass is 313 g/mol. The second kappa shape index (κ2) is 6.31. The highest BCUT2D eigenvalue weighted by molar-refractivity contribution is 7.89. The molecule has 1 aliphatic rings. The van der Waals surface area contributed by atoms with Gasteiger partial charge in [-0.2, -0.15) is 4.31 Å². The number of hydrogen-bond donors (Lipinski definition) is 2. The summed E-state index contributed by atoms with van der Waals surface area (Å²) in [5.41, 5.74) is 4.61. The maximum atomic E-state index is 12.8. The largest absolute Gasteiger partial charge is 0.377 e.